The number of aromatic hydroxyl groups is 1. The minimum Gasteiger partial charge on any atom is -0.508 e. The second-order valence-corrected chi connectivity index (χ2v) is 5.53. The molecule has 3 N–H and O–H groups in total. The maximum Gasteiger partial charge on any atom is 0.253 e. The largest absolute Gasteiger partial charge is 0.508 e. The van der Waals surface area contributed by atoms with E-state index in [1.165, 1.54) is 12.8 Å². The van der Waals surface area contributed by atoms with E-state index in [1.807, 2.05) is 4.90 Å². The lowest BCUT2D eigenvalue weighted by molar-refractivity contribution is 0.0635. The Morgan fingerprint density at radius 2 is 1.71 bits per heavy atom. The molecule has 1 fully saturated rings. The van der Waals surface area contributed by atoms with E-state index in [-0.39, 0.29) is 11.7 Å². The molecule has 1 amide bonds. The van der Waals surface area contributed by atoms with Crippen LogP contribution in [0.4, 0.5) is 0 Å². The third kappa shape index (κ3) is 4.72. The highest BCUT2D eigenvalue weighted by Crippen LogP contribution is 2.13. The van der Waals surface area contributed by atoms with Gasteiger partial charge in [0.2, 0.25) is 0 Å². The van der Waals surface area contributed by atoms with E-state index < -0.39 is 0 Å². The highest BCUT2D eigenvalue weighted by Gasteiger charge is 2.21. The van der Waals surface area contributed by atoms with Crippen LogP contribution in [0.15, 0.2) is 24.3 Å². The van der Waals surface area contributed by atoms with Crippen molar-refractivity contribution < 1.29 is 9.90 Å². The number of rotatable bonds is 6. The molecule has 0 aliphatic carbocycles. The normalized spacial score (nSPS) is 16.1. The van der Waals surface area contributed by atoms with Crippen LogP contribution in [0.1, 0.15) is 29.6 Å². The van der Waals surface area contributed by atoms with Gasteiger partial charge in [-0.05, 0) is 50.2 Å². The van der Waals surface area contributed by atoms with Crippen molar-refractivity contribution in [1.82, 2.24) is 9.80 Å². The van der Waals surface area contributed by atoms with Crippen LogP contribution in [-0.2, 0) is 0 Å². The lowest BCUT2D eigenvalue weighted by Crippen LogP contribution is -2.48. The van der Waals surface area contributed by atoms with Crippen molar-refractivity contribution >= 4 is 5.91 Å². The van der Waals surface area contributed by atoms with Crippen LogP contribution < -0.4 is 5.73 Å². The molecule has 2 rings (SSSR count). The Balaban J connectivity index is 1.75. The van der Waals surface area contributed by atoms with Gasteiger partial charge in [-0.3, -0.25) is 9.69 Å². The van der Waals surface area contributed by atoms with E-state index in [1.54, 1.807) is 24.3 Å². The lowest BCUT2D eigenvalue weighted by Gasteiger charge is -2.34. The quantitative estimate of drug-likeness (QED) is 0.775. The highest BCUT2D eigenvalue weighted by atomic mass is 16.3. The average molecular weight is 291 g/mol. The number of carbonyl (C=O) groups is 1. The van der Waals surface area contributed by atoms with Gasteiger partial charge in [0, 0.05) is 31.7 Å². The molecule has 1 aliphatic heterocycles. The molecule has 5 heteroatoms. The lowest BCUT2D eigenvalue weighted by atomic mass is 10.1. The molecule has 1 saturated heterocycles. The van der Waals surface area contributed by atoms with E-state index >= 15 is 0 Å². The Morgan fingerprint density at radius 3 is 2.33 bits per heavy atom. The van der Waals surface area contributed by atoms with E-state index in [2.05, 4.69) is 4.90 Å². The van der Waals surface area contributed by atoms with Crippen molar-refractivity contribution in [3.8, 4) is 5.75 Å². The summed E-state index contributed by atoms with van der Waals surface area (Å²) in [5, 5.41) is 9.26. The molecule has 0 aromatic heterocycles. The summed E-state index contributed by atoms with van der Waals surface area (Å²) in [5.74, 6) is 0.242. The summed E-state index contributed by atoms with van der Waals surface area (Å²) in [6.45, 7) is 5.29. The molecule has 1 aliphatic rings. The predicted molar refractivity (Wildman–Crippen MR) is 83.4 cm³/mol. The molecule has 1 heterocycles. The number of piperazine rings is 1. The van der Waals surface area contributed by atoms with Gasteiger partial charge in [0.15, 0.2) is 0 Å². The van der Waals surface area contributed by atoms with Crippen LogP contribution in [0.25, 0.3) is 0 Å². The van der Waals surface area contributed by atoms with E-state index in [9.17, 15) is 9.90 Å². The molecule has 0 saturated carbocycles. The molecule has 21 heavy (non-hydrogen) atoms. The average Bonchev–Trinajstić information content (AvgIpc) is 2.52. The smallest absolute Gasteiger partial charge is 0.253 e. The summed E-state index contributed by atoms with van der Waals surface area (Å²) in [7, 11) is 0. The first-order valence-corrected chi connectivity index (χ1v) is 7.71. The first-order chi connectivity index (χ1) is 10.2. The zero-order chi connectivity index (χ0) is 15.1. The molecular formula is C16H25N3O2. The summed E-state index contributed by atoms with van der Waals surface area (Å²) in [5.41, 5.74) is 6.13. The third-order valence-corrected chi connectivity index (χ3v) is 3.95. The Morgan fingerprint density at radius 1 is 1.05 bits per heavy atom. The molecule has 0 atom stereocenters. The zero-order valence-electron chi connectivity index (χ0n) is 12.5. The van der Waals surface area contributed by atoms with Gasteiger partial charge in [-0.1, -0.05) is 6.42 Å². The maximum atomic E-state index is 12.3. The van der Waals surface area contributed by atoms with Gasteiger partial charge in [0.05, 0.1) is 0 Å². The molecule has 116 valence electrons. The summed E-state index contributed by atoms with van der Waals surface area (Å²) >= 11 is 0. The van der Waals surface area contributed by atoms with Crippen molar-refractivity contribution in [1.29, 1.82) is 0 Å². The predicted octanol–water partition coefficient (Wildman–Crippen LogP) is 1.28. The molecule has 5 nitrogen and oxygen atoms in total. The first kappa shape index (κ1) is 15.8. The Bertz CT molecular complexity index is 439. The van der Waals surface area contributed by atoms with Gasteiger partial charge in [-0.15, -0.1) is 0 Å². The SMILES string of the molecule is NCCCCCN1CCN(C(=O)c2ccc(O)cc2)CC1. The topological polar surface area (TPSA) is 69.8 Å². The number of nitrogens with two attached hydrogens (primary N) is 1. The molecule has 1 aromatic carbocycles. The number of hydrogen-bond acceptors (Lipinski definition) is 4. The Hall–Kier alpha value is -1.59. The summed E-state index contributed by atoms with van der Waals surface area (Å²) in [6.07, 6.45) is 3.46. The van der Waals surface area contributed by atoms with Gasteiger partial charge in [-0.2, -0.15) is 0 Å². The third-order valence-electron chi connectivity index (χ3n) is 3.95. The Kier molecular flexibility index (Phi) is 6.02. The van der Waals surface area contributed by atoms with Gasteiger partial charge >= 0.3 is 0 Å². The van der Waals surface area contributed by atoms with E-state index in [4.69, 9.17) is 5.73 Å². The standard InChI is InChI=1S/C16H25N3O2/c17-8-2-1-3-9-18-10-12-19(13-11-18)16(21)14-4-6-15(20)7-5-14/h4-7,20H,1-3,8-13,17H2. The minimum atomic E-state index is 0.0535. The van der Waals surface area contributed by atoms with Crippen LogP contribution in [0, 0.1) is 0 Å². The van der Waals surface area contributed by atoms with Crippen LogP contribution in [0.2, 0.25) is 0 Å². The van der Waals surface area contributed by atoms with Gasteiger partial charge in [0.1, 0.15) is 5.75 Å². The van der Waals surface area contributed by atoms with E-state index in [0.29, 0.717) is 5.56 Å². The van der Waals surface area contributed by atoms with Crippen molar-refractivity contribution in [2.45, 2.75) is 19.3 Å². The fourth-order valence-corrected chi connectivity index (χ4v) is 2.62. The molecule has 1 aromatic rings. The number of benzene rings is 1. The molecule has 0 radical (unpaired) electrons. The molecule has 0 bridgehead atoms. The van der Waals surface area contributed by atoms with Crippen LogP contribution in [-0.4, -0.2) is 60.1 Å². The molecule has 0 spiro atoms. The van der Waals surface area contributed by atoms with E-state index in [0.717, 1.165) is 45.7 Å². The fraction of sp³-hybridized carbons (Fsp3) is 0.562. The van der Waals surface area contributed by atoms with Gasteiger partial charge < -0.3 is 15.7 Å². The maximum absolute atomic E-state index is 12.3. The van der Waals surface area contributed by atoms with Crippen LogP contribution in [0.3, 0.4) is 0 Å². The van der Waals surface area contributed by atoms with Crippen molar-refractivity contribution in [2.24, 2.45) is 5.73 Å². The second-order valence-electron chi connectivity index (χ2n) is 5.53. The van der Waals surface area contributed by atoms with Crippen molar-refractivity contribution in [3.05, 3.63) is 29.8 Å². The number of phenols is 1. The monoisotopic (exact) mass is 291 g/mol. The number of carbonyl (C=O) groups excluding carboxylic acids is 1. The van der Waals surface area contributed by atoms with Crippen molar-refractivity contribution in [3.63, 3.8) is 0 Å². The number of unbranched alkanes of at least 4 members (excludes halogenated alkanes) is 2. The molecule has 0 unspecified atom stereocenters. The molecular weight excluding hydrogens is 266 g/mol. The van der Waals surface area contributed by atoms with Gasteiger partial charge in [-0.25, -0.2) is 0 Å². The van der Waals surface area contributed by atoms with Crippen molar-refractivity contribution in [2.75, 3.05) is 39.3 Å². The summed E-state index contributed by atoms with van der Waals surface area (Å²) in [4.78, 5) is 16.6. The zero-order valence-corrected chi connectivity index (χ0v) is 12.5. The number of nitrogens with zero attached hydrogens (tertiary/aromatic N) is 2. The second kappa shape index (κ2) is 8.00. The summed E-state index contributed by atoms with van der Waals surface area (Å²) < 4.78 is 0. The first-order valence-electron chi connectivity index (χ1n) is 7.71. The number of hydrogen-bond donors (Lipinski definition) is 2. The van der Waals surface area contributed by atoms with Gasteiger partial charge in [0.25, 0.3) is 5.91 Å². The Labute approximate surface area is 126 Å². The van der Waals surface area contributed by atoms with Crippen LogP contribution in [0.5, 0.6) is 5.75 Å². The fourth-order valence-electron chi connectivity index (χ4n) is 2.62. The highest BCUT2D eigenvalue weighted by molar-refractivity contribution is 5.94. The number of amides is 1. The minimum absolute atomic E-state index is 0.0535. The number of phenolic OH excluding ortho intramolecular Hbond substituents is 1. The summed E-state index contributed by atoms with van der Waals surface area (Å²) in [6, 6.07) is 6.47. The van der Waals surface area contributed by atoms with Crippen LogP contribution >= 0.6 is 0 Å².